The van der Waals surface area contributed by atoms with Gasteiger partial charge in [-0.15, -0.1) is 0 Å². The molecule has 0 amide bonds. The van der Waals surface area contributed by atoms with Gasteiger partial charge in [0.1, 0.15) is 13.2 Å². The van der Waals surface area contributed by atoms with E-state index >= 15 is 0 Å². The highest BCUT2D eigenvalue weighted by atomic mass is 16.6. The van der Waals surface area contributed by atoms with E-state index in [2.05, 4.69) is 0 Å². The average Bonchev–Trinajstić information content (AvgIpc) is 2.60. The molecule has 0 fully saturated rings. The molecule has 0 unspecified atom stereocenters. The third-order valence-electron chi connectivity index (χ3n) is 3.74. The lowest BCUT2D eigenvalue weighted by Gasteiger charge is -2.14. The van der Waals surface area contributed by atoms with Crippen molar-refractivity contribution in [3.05, 3.63) is 34.2 Å². The zero-order valence-electron chi connectivity index (χ0n) is 14.2. The summed E-state index contributed by atoms with van der Waals surface area (Å²) in [5.74, 6) is 0.920. The summed E-state index contributed by atoms with van der Waals surface area (Å²) in [4.78, 5) is 11.8. The van der Waals surface area contributed by atoms with Crippen LogP contribution in [0, 0.1) is 6.92 Å². The highest BCUT2D eigenvalue weighted by Gasteiger charge is 2.15. The number of rotatable bonds is 0. The van der Waals surface area contributed by atoms with E-state index in [1.807, 2.05) is 19.1 Å². The van der Waals surface area contributed by atoms with Gasteiger partial charge in [0, 0.05) is 11.5 Å². The van der Waals surface area contributed by atoms with Crippen LogP contribution in [0.25, 0.3) is 11.0 Å². The second-order valence-corrected chi connectivity index (χ2v) is 5.55. The molecule has 0 atom stereocenters. The lowest BCUT2D eigenvalue weighted by atomic mass is 10.1. The van der Waals surface area contributed by atoms with Gasteiger partial charge in [-0.3, -0.25) is 0 Å². The molecular formula is C18H22O7. The number of fused-ring (bicyclic) bond motifs is 3. The number of ether oxygens (including phenoxy) is 5. The van der Waals surface area contributed by atoms with E-state index in [0.29, 0.717) is 69.9 Å². The van der Waals surface area contributed by atoms with Gasteiger partial charge in [-0.2, -0.15) is 0 Å². The Morgan fingerprint density at radius 1 is 0.800 bits per heavy atom. The quantitative estimate of drug-likeness (QED) is 0.672. The standard InChI is InChI=1S/C18H22O7/c1-13-12-16(19)25-17-14(13)2-3-15-18(17)24-11-9-22-7-5-20-4-6-21-8-10-23-15/h2-3,12H,4-11H2,1H3. The Balaban J connectivity index is 1.88. The van der Waals surface area contributed by atoms with Crippen molar-refractivity contribution in [3.63, 3.8) is 0 Å². The van der Waals surface area contributed by atoms with Crippen molar-refractivity contribution in [3.8, 4) is 11.5 Å². The summed E-state index contributed by atoms with van der Waals surface area (Å²) in [6.45, 7) is 5.35. The molecule has 1 aliphatic rings. The predicted molar refractivity (Wildman–Crippen MR) is 90.7 cm³/mol. The van der Waals surface area contributed by atoms with Crippen LogP contribution in [0.1, 0.15) is 5.56 Å². The molecule has 2 heterocycles. The van der Waals surface area contributed by atoms with Crippen LogP contribution in [0.5, 0.6) is 11.5 Å². The van der Waals surface area contributed by atoms with Gasteiger partial charge in [-0.05, 0) is 24.6 Å². The summed E-state index contributed by atoms with van der Waals surface area (Å²) in [5, 5.41) is 0.811. The first kappa shape index (κ1) is 17.7. The largest absolute Gasteiger partial charge is 0.487 e. The van der Waals surface area contributed by atoms with Crippen LogP contribution in [0.3, 0.4) is 0 Å². The number of benzene rings is 1. The maximum absolute atomic E-state index is 11.8. The van der Waals surface area contributed by atoms with Crippen LogP contribution in [0.2, 0.25) is 0 Å². The third kappa shape index (κ3) is 4.72. The van der Waals surface area contributed by atoms with Gasteiger partial charge < -0.3 is 28.1 Å². The Labute approximate surface area is 145 Å². The molecule has 25 heavy (non-hydrogen) atoms. The Morgan fingerprint density at radius 3 is 2.08 bits per heavy atom. The monoisotopic (exact) mass is 350 g/mol. The van der Waals surface area contributed by atoms with Crippen LogP contribution in [-0.2, 0) is 14.2 Å². The lowest BCUT2D eigenvalue weighted by molar-refractivity contribution is 0.00709. The molecule has 1 aromatic heterocycles. The van der Waals surface area contributed by atoms with Gasteiger partial charge in [0.2, 0.25) is 5.75 Å². The minimum atomic E-state index is -0.422. The molecule has 0 aliphatic carbocycles. The van der Waals surface area contributed by atoms with Gasteiger partial charge in [0.15, 0.2) is 11.3 Å². The van der Waals surface area contributed by atoms with Gasteiger partial charge in [-0.25, -0.2) is 4.79 Å². The minimum absolute atomic E-state index is 0.309. The summed E-state index contributed by atoms with van der Waals surface area (Å²) in [7, 11) is 0. The van der Waals surface area contributed by atoms with Crippen LogP contribution >= 0.6 is 0 Å². The molecule has 0 saturated heterocycles. The average molecular weight is 350 g/mol. The summed E-state index contributed by atoms with van der Waals surface area (Å²) in [6.07, 6.45) is 0. The third-order valence-corrected chi connectivity index (χ3v) is 3.74. The topological polar surface area (TPSA) is 76.4 Å². The van der Waals surface area contributed by atoms with E-state index in [1.165, 1.54) is 6.07 Å². The Bertz CT molecular complexity index is 753. The fourth-order valence-electron chi connectivity index (χ4n) is 2.55. The molecule has 0 spiro atoms. The lowest BCUT2D eigenvalue weighted by Crippen LogP contribution is -2.13. The van der Waals surface area contributed by atoms with E-state index in [4.69, 9.17) is 28.1 Å². The normalized spacial score (nSPS) is 17.6. The predicted octanol–water partition coefficient (Wildman–Crippen LogP) is 1.92. The van der Waals surface area contributed by atoms with Gasteiger partial charge in [0.05, 0.1) is 39.6 Å². The van der Waals surface area contributed by atoms with Crippen LogP contribution < -0.4 is 15.1 Å². The second-order valence-electron chi connectivity index (χ2n) is 5.55. The highest BCUT2D eigenvalue weighted by molar-refractivity contribution is 5.87. The van der Waals surface area contributed by atoms with Gasteiger partial charge in [0.25, 0.3) is 0 Å². The molecule has 3 rings (SSSR count). The summed E-state index contributed by atoms with van der Waals surface area (Å²) >= 11 is 0. The highest BCUT2D eigenvalue weighted by Crippen LogP contribution is 2.36. The zero-order valence-corrected chi connectivity index (χ0v) is 14.2. The molecule has 0 radical (unpaired) electrons. The van der Waals surface area contributed by atoms with Crippen molar-refractivity contribution in [1.29, 1.82) is 0 Å². The van der Waals surface area contributed by atoms with Crippen molar-refractivity contribution in [2.45, 2.75) is 6.92 Å². The van der Waals surface area contributed by atoms with Crippen molar-refractivity contribution >= 4 is 11.0 Å². The number of aryl methyl sites for hydroxylation is 1. The molecule has 136 valence electrons. The first-order valence-electron chi connectivity index (χ1n) is 8.32. The minimum Gasteiger partial charge on any atom is -0.487 e. The van der Waals surface area contributed by atoms with Crippen molar-refractivity contribution < 1.29 is 28.1 Å². The molecule has 2 aromatic rings. The molecule has 1 aliphatic heterocycles. The maximum Gasteiger partial charge on any atom is 0.336 e. The fourth-order valence-corrected chi connectivity index (χ4v) is 2.55. The fraction of sp³-hybridized carbons (Fsp3) is 0.500. The molecular weight excluding hydrogens is 328 g/mol. The molecule has 0 saturated carbocycles. The van der Waals surface area contributed by atoms with E-state index in [9.17, 15) is 4.79 Å². The SMILES string of the molecule is Cc1cc(=O)oc2c3c(ccc12)OCCOCCOCCOCCO3. The molecule has 0 bridgehead atoms. The second kappa shape index (κ2) is 8.84. The van der Waals surface area contributed by atoms with E-state index in [-0.39, 0.29) is 0 Å². The number of hydrogen-bond donors (Lipinski definition) is 0. The first-order chi connectivity index (χ1) is 12.3. The Morgan fingerprint density at radius 2 is 1.40 bits per heavy atom. The van der Waals surface area contributed by atoms with Crippen LogP contribution in [-0.4, -0.2) is 52.9 Å². The summed E-state index contributed by atoms with van der Waals surface area (Å²) < 4.78 is 33.2. The number of hydrogen-bond acceptors (Lipinski definition) is 7. The van der Waals surface area contributed by atoms with Crippen molar-refractivity contribution in [2.24, 2.45) is 0 Å². The van der Waals surface area contributed by atoms with E-state index in [1.54, 1.807) is 0 Å². The summed E-state index contributed by atoms with van der Waals surface area (Å²) in [5.41, 5.74) is 0.788. The molecule has 7 heteroatoms. The molecule has 7 nitrogen and oxygen atoms in total. The smallest absolute Gasteiger partial charge is 0.336 e. The Hall–Kier alpha value is -2.09. The van der Waals surface area contributed by atoms with Crippen LogP contribution in [0.15, 0.2) is 27.4 Å². The van der Waals surface area contributed by atoms with E-state index in [0.717, 1.165) is 10.9 Å². The summed E-state index contributed by atoms with van der Waals surface area (Å²) in [6, 6.07) is 5.13. The Kier molecular flexibility index (Phi) is 6.27. The zero-order chi connectivity index (χ0) is 17.5. The van der Waals surface area contributed by atoms with Crippen molar-refractivity contribution in [2.75, 3.05) is 52.9 Å². The van der Waals surface area contributed by atoms with E-state index < -0.39 is 5.63 Å². The first-order valence-corrected chi connectivity index (χ1v) is 8.32. The van der Waals surface area contributed by atoms with Crippen molar-refractivity contribution in [1.82, 2.24) is 0 Å². The molecule has 0 N–H and O–H groups in total. The van der Waals surface area contributed by atoms with Gasteiger partial charge in [-0.1, -0.05) is 0 Å². The molecule has 1 aromatic carbocycles. The maximum atomic E-state index is 11.8. The van der Waals surface area contributed by atoms with Crippen LogP contribution in [0.4, 0.5) is 0 Å². The van der Waals surface area contributed by atoms with Gasteiger partial charge >= 0.3 is 5.63 Å².